The highest BCUT2D eigenvalue weighted by molar-refractivity contribution is 7.92. The number of sulfonamides is 1. The molecular weight excluding hydrogens is 224 g/mol. The van der Waals surface area contributed by atoms with Crippen molar-refractivity contribution in [1.82, 2.24) is 4.98 Å². The van der Waals surface area contributed by atoms with Gasteiger partial charge in [0.2, 0.25) is 10.0 Å². The van der Waals surface area contributed by atoms with E-state index in [9.17, 15) is 8.42 Å². The lowest BCUT2D eigenvalue weighted by Gasteiger charge is -2.17. The Morgan fingerprint density at radius 2 is 2.29 bits per heavy atom. The summed E-state index contributed by atoms with van der Waals surface area (Å²) in [6, 6.07) is 3.36. The van der Waals surface area contributed by atoms with Gasteiger partial charge in [0.05, 0.1) is 17.6 Å². The number of nitrogens with zero attached hydrogens (tertiary/aromatic N) is 2. The SMILES string of the molecule is CN(c1cccnc1)S(=O)(=O)CCCl. The molecule has 1 aromatic rings. The lowest BCUT2D eigenvalue weighted by Crippen LogP contribution is -2.29. The van der Waals surface area contributed by atoms with E-state index in [4.69, 9.17) is 11.6 Å². The average molecular weight is 235 g/mol. The zero-order chi connectivity index (χ0) is 10.6. The molecule has 0 spiro atoms. The van der Waals surface area contributed by atoms with Crippen LogP contribution in [0.5, 0.6) is 0 Å². The zero-order valence-electron chi connectivity index (χ0n) is 7.72. The Morgan fingerprint density at radius 1 is 1.57 bits per heavy atom. The molecular formula is C8H11ClN2O2S. The van der Waals surface area contributed by atoms with Crippen molar-refractivity contribution < 1.29 is 8.42 Å². The van der Waals surface area contributed by atoms with Gasteiger partial charge in [0.15, 0.2) is 0 Å². The van der Waals surface area contributed by atoms with E-state index in [0.717, 1.165) is 0 Å². The highest BCUT2D eigenvalue weighted by atomic mass is 35.5. The number of halogens is 1. The predicted molar refractivity (Wildman–Crippen MR) is 57.1 cm³/mol. The Kier molecular flexibility index (Phi) is 3.71. The van der Waals surface area contributed by atoms with Gasteiger partial charge in [-0.1, -0.05) is 0 Å². The van der Waals surface area contributed by atoms with Crippen molar-refractivity contribution in [2.24, 2.45) is 0 Å². The van der Waals surface area contributed by atoms with E-state index < -0.39 is 10.0 Å². The van der Waals surface area contributed by atoms with Crippen molar-refractivity contribution in [3.8, 4) is 0 Å². The molecule has 0 bridgehead atoms. The molecule has 6 heteroatoms. The van der Waals surface area contributed by atoms with Crippen LogP contribution in [0.3, 0.4) is 0 Å². The lowest BCUT2D eigenvalue weighted by atomic mass is 10.4. The van der Waals surface area contributed by atoms with Gasteiger partial charge in [0, 0.05) is 19.1 Å². The van der Waals surface area contributed by atoms with Gasteiger partial charge in [-0.05, 0) is 12.1 Å². The summed E-state index contributed by atoms with van der Waals surface area (Å²) >= 11 is 5.40. The molecule has 0 aliphatic carbocycles. The third-order valence-corrected chi connectivity index (χ3v) is 3.94. The Bertz CT molecular complexity index is 380. The summed E-state index contributed by atoms with van der Waals surface area (Å²) in [7, 11) is -1.82. The van der Waals surface area contributed by atoms with Crippen LogP contribution in [0.15, 0.2) is 24.5 Å². The van der Waals surface area contributed by atoms with Crippen LogP contribution in [0, 0.1) is 0 Å². The van der Waals surface area contributed by atoms with Crippen molar-refractivity contribution in [3.63, 3.8) is 0 Å². The Balaban J connectivity index is 2.91. The molecule has 0 aliphatic rings. The first-order valence-electron chi connectivity index (χ1n) is 4.00. The monoisotopic (exact) mass is 234 g/mol. The van der Waals surface area contributed by atoms with Crippen molar-refractivity contribution in [2.45, 2.75) is 0 Å². The number of alkyl halides is 1. The maximum atomic E-state index is 11.5. The smallest absolute Gasteiger partial charge is 0.236 e. The van der Waals surface area contributed by atoms with E-state index in [2.05, 4.69) is 4.98 Å². The van der Waals surface area contributed by atoms with Gasteiger partial charge < -0.3 is 0 Å². The predicted octanol–water partition coefficient (Wildman–Crippen LogP) is 1.09. The number of pyridine rings is 1. The van der Waals surface area contributed by atoms with Crippen LogP contribution >= 0.6 is 11.6 Å². The molecule has 1 aromatic heterocycles. The molecule has 0 radical (unpaired) electrons. The number of hydrogen-bond donors (Lipinski definition) is 0. The van der Waals surface area contributed by atoms with Crippen LogP contribution in [0.1, 0.15) is 0 Å². The topological polar surface area (TPSA) is 50.3 Å². The third kappa shape index (κ3) is 2.59. The highest BCUT2D eigenvalue weighted by Gasteiger charge is 2.17. The molecule has 0 fully saturated rings. The largest absolute Gasteiger partial charge is 0.272 e. The molecule has 78 valence electrons. The Labute approximate surface area is 88.6 Å². The van der Waals surface area contributed by atoms with Crippen molar-refractivity contribution in [2.75, 3.05) is 23.0 Å². The summed E-state index contributed by atoms with van der Waals surface area (Å²) < 4.78 is 24.3. The minimum atomic E-state index is -3.30. The second kappa shape index (κ2) is 4.61. The van der Waals surface area contributed by atoms with Gasteiger partial charge in [0.25, 0.3) is 0 Å². The molecule has 4 nitrogen and oxygen atoms in total. The van der Waals surface area contributed by atoms with Gasteiger partial charge in [-0.15, -0.1) is 11.6 Å². The molecule has 1 heterocycles. The summed E-state index contributed by atoms with van der Waals surface area (Å²) in [6.45, 7) is 0. The average Bonchev–Trinajstić information content (AvgIpc) is 2.18. The molecule has 0 N–H and O–H groups in total. The first-order valence-corrected chi connectivity index (χ1v) is 6.15. The molecule has 14 heavy (non-hydrogen) atoms. The molecule has 0 aliphatic heterocycles. The molecule has 0 unspecified atom stereocenters. The van der Waals surface area contributed by atoms with E-state index in [-0.39, 0.29) is 11.6 Å². The lowest BCUT2D eigenvalue weighted by molar-refractivity contribution is 0.595. The van der Waals surface area contributed by atoms with Crippen LogP contribution in [-0.2, 0) is 10.0 Å². The van der Waals surface area contributed by atoms with Gasteiger partial charge in [-0.25, -0.2) is 8.42 Å². The van der Waals surface area contributed by atoms with E-state index in [1.807, 2.05) is 0 Å². The maximum absolute atomic E-state index is 11.5. The number of rotatable bonds is 4. The molecule has 0 saturated carbocycles. The van der Waals surface area contributed by atoms with E-state index in [1.165, 1.54) is 17.5 Å². The first kappa shape index (κ1) is 11.3. The quantitative estimate of drug-likeness (QED) is 0.733. The first-order chi connectivity index (χ1) is 6.58. The zero-order valence-corrected chi connectivity index (χ0v) is 9.29. The summed E-state index contributed by atoms with van der Waals surface area (Å²) in [5, 5.41) is 0. The summed E-state index contributed by atoms with van der Waals surface area (Å²) in [5.41, 5.74) is 0.539. The van der Waals surface area contributed by atoms with Gasteiger partial charge in [-0.3, -0.25) is 9.29 Å². The molecule has 0 atom stereocenters. The van der Waals surface area contributed by atoms with Crippen molar-refractivity contribution >= 4 is 27.3 Å². The van der Waals surface area contributed by atoms with Crippen LogP contribution in [-0.4, -0.2) is 32.1 Å². The summed E-state index contributed by atoms with van der Waals surface area (Å²) in [4.78, 5) is 3.84. The van der Waals surface area contributed by atoms with Gasteiger partial charge >= 0.3 is 0 Å². The molecule has 0 saturated heterocycles. The molecule has 0 aromatic carbocycles. The van der Waals surface area contributed by atoms with Crippen molar-refractivity contribution in [3.05, 3.63) is 24.5 Å². The minimum Gasteiger partial charge on any atom is -0.272 e. The summed E-state index contributed by atoms with van der Waals surface area (Å²) in [6.07, 6.45) is 3.08. The van der Waals surface area contributed by atoms with Gasteiger partial charge in [-0.2, -0.15) is 0 Å². The van der Waals surface area contributed by atoms with Gasteiger partial charge in [0.1, 0.15) is 0 Å². The van der Waals surface area contributed by atoms with E-state index in [1.54, 1.807) is 18.3 Å². The van der Waals surface area contributed by atoms with Crippen molar-refractivity contribution in [1.29, 1.82) is 0 Å². The number of aromatic nitrogens is 1. The second-order valence-electron chi connectivity index (χ2n) is 2.68. The Hall–Kier alpha value is -0.810. The minimum absolute atomic E-state index is 0.0695. The molecule has 1 rings (SSSR count). The molecule has 0 amide bonds. The normalized spacial score (nSPS) is 11.3. The maximum Gasteiger partial charge on any atom is 0.236 e. The van der Waals surface area contributed by atoms with Crippen LogP contribution in [0.2, 0.25) is 0 Å². The van der Waals surface area contributed by atoms with Crippen LogP contribution in [0.25, 0.3) is 0 Å². The fourth-order valence-electron chi connectivity index (χ4n) is 0.935. The highest BCUT2D eigenvalue weighted by Crippen LogP contribution is 2.13. The van der Waals surface area contributed by atoms with Crippen LogP contribution in [0.4, 0.5) is 5.69 Å². The summed E-state index contributed by atoms with van der Waals surface area (Å²) in [5.74, 6) is 0.0207. The second-order valence-corrected chi connectivity index (χ2v) is 5.18. The fraction of sp³-hybridized carbons (Fsp3) is 0.375. The number of hydrogen-bond acceptors (Lipinski definition) is 3. The Morgan fingerprint density at radius 3 is 2.79 bits per heavy atom. The standard InChI is InChI=1S/C8H11ClN2O2S/c1-11(14(12,13)6-4-9)8-3-2-5-10-7-8/h2-3,5,7H,4,6H2,1H3. The van der Waals surface area contributed by atoms with E-state index >= 15 is 0 Å². The van der Waals surface area contributed by atoms with Crippen LogP contribution < -0.4 is 4.31 Å². The number of anilines is 1. The fourth-order valence-corrected chi connectivity index (χ4v) is 2.42. The third-order valence-electron chi connectivity index (χ3n) is 1.76. The van der Waals surface area contributed by atoms with E-state index in [0.29, 0.717) is 5.69 Å².